The Morgan fingerprint density at radius 3 is 1.18 bits per heavy atom. The predicted molar refractivity (Wildman–Crippen MR) is 274 cm³/mol. The molecule has 36 atom stereocenters. The number of amides is 2. The van der Waals surface area contributed by atoms with Gasteiger partial charge in [-0.3, -0.25) is 9.59 Å². The van der Waals surface area contributed by atoms with Crippen molar-refractivity contribution in [3.05, 3.63) is 0 Å². The zero-order valence-electron chi connectivity index (χ0n) is 47.8. The lowest BCUT2D eigenvalue weighted by Crippen LogP contribution is -2.71. The molecule has 0 aromatic carbocycles. The molecule has 0 radical (unpaired) electrons. The first-order chi connectivity index (χ1) is 42.5. The lowest BCUT2D eigenvalue weighted by Gasteiger charge is -2.51. The summed E-state index contributed by atoms with van der Waals surface area (Å²) in [5.74, 6) is -7.05. The minimum absolute atomic E-state index is 0.903. The Balaban J connectivity index is 1.09. The standard InChI is InChI=1S/C49H83N3O38/c1-11(60)51-22-28(68)35(19(9-58)82-43(22)88-40-26(66)16(6-55)80-46(33(40)73)86-37-18(8-57)78-42(75)31(71)30(37)70)84-45-32(72)39(25(65)15(5-54)79-45)87-44-23(52-12(2)61)29(69)36(20(10-59)83-44)85-47-34(74)41(27(67)17(7-56)81-47)90-49(48(76)77)3-13(62)21(50)38(89-49)24(64)14(63)4-53/h13-47,53-59,62-75H,3-10,50H2,1-2H3,(H,51,60)(H,52,61)(H,76,77)/t13-,14+,15+,16+,17+,18+,19+,20+,21+,22+,23+,24+,25-,26-,27-,28+,29+,30+,31+,32+,33+,34+,35+,36+,37+,38+,39-,40-,41-,42+,43-,44-,45-,46-,47-,49-/m0/s1. The number of aliphatic hydroxyl groups excluding tert-OH is 21. The predicted octanol–water partition coefficient (Wildman–Crippen LogP) is -16.8. The highest BCUT2D eigenvalue weighted by atomic mass is 16.8. The van der Waals surface area contributed by atoms with Crippen LogP contribution in [0.25, 0.3) is 0 Å². The topological polar surface area (TPSA) is 666 Å². The van der Waals surface area contributed by atoms with Crippen LogP contribution in [0, 0.1) is 0 Å². The van der Waals surface area contributed by atoms with Gasteiger partial charge in [-0.2, -0.15) is 0 Å². The molecular weight excluding hydrogens is 1240 g/mol. The average Bonchev–Trinajstić information content (AvgIpc) is 0.820. The van der Waals surface area contributed by atoms with E-state index in [1.165, 1.54) is 0 Å². The van der Waals surface area contributed by atoms with Gasteiger partial charge in [0.25, 0.3) is 5.79 Å². The molecule has 41 nitrogen and oxygen atoms in total. The highest BCUT2D eigenvalue weighted by molar-refractivity contribution is 5.76. The lowest BCUT2D eigenvalue weighted by atomic mass is 9.88. The summed E-state index contributed by atoms with van der Waals surface area (Å²) in [5.41, 5.74) is 5.95. The van der Waals surface area contributed by atoms with E-state index in [1.807, 2.05) is 0 Å². The summed E-state index contributed by atoms with van der Waals surface area (Å²) in [7, 11) is 0. The zero-order valence-corrected chi connectivity index (χ0v) is 47.8. The molecule has 0 spiro atoms. The van der Waals surface area contributed by atoms with Crippen LogP contribution in [0.15, 0.2) is 0 Å². The van der Waals surface area contributed by atoms with Crippen LogP contribution >= 0.6 is 0 Å². The summed E-state index contributed by atoms with van der Waals surface area (Å²) >= 11 is 0. The van der Waals surface area contributed by atoms with Gasteiger partial charge in [0, 0.05) is 20.3 Å². The number of rotatable bonds is 24. The largest absolute Gasteiger partial charge is 0.477 e. The Morgan fingerprint density at radius 1 is 0.467 bits per heavy atom. The molecule has 7 aliphatic rings. The molecule has 0 aromatic heterocycles. The van der Waals surface area contributed by atoms with E-state index >= 15 is 0 Å². The molecule has 0 unspecified atom stereocenters. The number of ether oxygens (including phenoxy) is 13. The fourth-order valence-electron chi connectivity index (χ4n) is 11.5. The van der Waals surface area contributed by atoms with E-state index in [1.54, 1.807) is 0 Å². The number of carboxylic acids is 1. The van der Waals surface area contributed by atoms with Gasteiger partial charge < -0.3 is 190 Å². The molecule has 26 N–H and O–H groups in total. The fourth-order valence-corrected chi connectivity index (χ4v) is 11.5. The van der Waals surface area contributed by atoms with Gasteiger partial charge in [-0.15, -0.1) is 0 Å². The number of aliphatic carboxylic acids is 1. The van der Waals surface area contributed by atoms with Crippen LogP contribution in [0.4, 0.5) is 0 Å². The molecule has 41 heteroatoms. The second-order valence-corrected chi connectivity index (χ2v) is 22.5. The molecule has 7 rings (SSSR count). The highest BCUT2D eigenvalue weighted by Crippen LogP contribution is 2.40. The number of carbonyl (C=O) groups is 3. The first-order valence-corrected chi connectivity index (χ1v) is 28.3. The molecule has 0 aliphatic carbocycles. The Labute approximate surface area is 508 Å². The monoisotopic (exact) mass is 1320 g/mol. The Kier molecular flexibility index (Phi) is 26.2. The maximum absolute atomic E-state index is 12.9. The van der Waals surface area contributed by atoms with Crippen molar-refractivity contribution in [3.8, 4) is 0 Å². The van der Waals surface area contributed by atoms with Crippen LogP contribution < -0.4 is 16.4 Å². The van der Waals surface area contributed by atoms with Crippen LogP contribution in [0.5, 0.6) is 0 Å². The number of carbonyl (C=O) groups excluding carboxylic acids is 2. The van der Waals surface area contributed by atoms with Crippen molar-refractivity contribution in [3.63, 3.8) is 0 Å². The van der Waals surface area contributed by atoms with E-state index in [9.17, 15) is 127 Å². The van der Waals surface area contributed by atoms with Crippen molar-refractivity contribution < 1.29 is 188 Å². The van der Waals surface area contributed by atoms with E-state index in [4.69, 9.17) is 67.3 Å². The average molecular weight is 1320 g/mol. The number of carboxylic acid groups (broad SMARTS) is 1. The van der Waals surface area contributed by atoms with Gasteiger partial charge in [-0.05, 0) is 0 Å². The van der Waals surface area contributed by atoms with Crippen molar-refractivity contribution >= 4 is 17.8 Å². The first-order valence-electron chi connectivity index (χ1n) is 28.3. The molecule has 522 valence electrons. The van der Waals surface area contributed by atoms with Crippen molar-refractivity contribution in [1.29, 1.82) is 0 Å². The van der Waals surface area contributed by atoms with E-state index in [0.717, 1.165) is 13.8 Å². The summed E-state index contributed by atoms with van der Waals surface area (Å²) in [6.45, 7) is -5.66. The second-order valence-electron chi connectivity index (χ2n) is 22.5. The third kappa shape index (κ3) is 15.6. The summed E-state index contributed by atoms with van der Waals surface area (Å²) in [5, 5.41) is 242. The van der Waals surface area contributed by atoms with E-state index in [-0.39, 0.29) is 0 Å². The van der Waals surface area contributed by atoms with Crippen LogP contribution in [-0.2, 0) is 76.0 Å². The van der Waals surface area contributed by atoms with Crippen molar-refractivity contribution in [2.45, 2.75) is 241 Å². The van der Waals surface area contributed by atoms with Crippen LogP contribution in [0.3, 0.4) is 0 Å². The maximum atomic E-state index is 12.9. The molecule has 0 aromatic rings. The number of nitrogens with two attached hydrogens (primary N) is 1. The summed E-state index contributed by atoms with van der Waals surface area (Å²) < 4.78 is 74.2. The smallest absolute Gasteiger partial charge is 0.364 e. The molecule has 7 aliphatic heterocycles. The Bertz CT molecular complexity index is 2290. The first kappa shape index (κ1) is 74.4. The van der Waals surface area contributed by atoms with Gasteiger partial charge in [0.05, 0.1) is 58.4 Å². The highest BCUT2D eigenvalue weighted by Gasteiger charge is 2.62. The minimum Gasteiger partial charge on any atom is -0.477 e. The maximum Gasteiger partial charge on any atom is 0.364 e. The molecule has 0 bridgehead atoms. The summed E-state index contributed by atoms with van der Waals surface area (Å²) in [6.07, 6.45) is -66.2. The van der Waals surface area contributed by atoms with Crippen LogP contribution in [-0.4, -0.2) is 397 Å². The molecule has 7 heterocycles. The van der Waals surface area contributed by atoms with Gasteiger partial charge in [-0.1, -0.05) is 0 Å². The van der Waals surface area contributed by atoms with Gasteiger partial charge >= 0.3 is 5.97 Å². The van der Waals surface area contributed by atoms with E-state index < -0.39 is 291 Å². The SMILES string of the molecule is CC(=O)N[C@H]1[C@H](O[C@H]2[C@@H](O)[C@@H](CO)O[C@@H](O[C@H]3[C@H](O)[C@@H](O)[C@H](O)O[C@@H]3CO)[C@@H]2O)O[C@H](CO)[C@@H](O[C@@H]2O[C@H](CO)[C@H](O)[C@H](O[C@@H]3O[C@H](CO)[C@@H](O[C@@H]4O[C@H](CO)[C@H](O)[C@H](O[C@]5(C(=O)O)C[C@H](O)[C@@H](N)[C@H]([C@H](O)[C@H](O)CO)O5)[C@H]4O)[C@H](O)[C@H]3NC(C)=O)[C@H]2O)[C@@H]1O. The lowest BCUT2D eigenvalue weighted by molar-refractivity contribution is -0.391. The zero-order chi connectivity index (χ0) is 66.7. The minimum atomic E-state index is -3.15. The van der Waals surface area contributed by atoms with Gasteiger partial charge in [0.15, 0.2) is 37.7 Å². The summed E-state index contributed by atoms with van der Waals surface area (Å²) in [6, 6.07) is -5.42. The van der Waals surface area contributed by atoms with E-state index in [2.05, 4.69) is 10.6 Å². The van der Waals surface area contributed by atoms with Crippen molar-refractivity contribution in [1.82, 2.24) is 10.6 Å². The molecule has 7 saturated heterocycles. The number of nitrogens with one attached hydrogen (secondary N) is 2. The van der Waals surface area contributed by atoms with Gasteiger partial charge in [-0.25, -0.2) is 4.79 Å². The van der Waals surface area contributed by atoms with Gasteiger partial charge in [0.1, 0.15) is 165 Å². The Morgan fingerprint density at radius 2 is 0.811 bits per heavy atom. The Hall–Kier alpha value is -2.99. The molecule has 0 saturated carbocycles. The van der Waals surface area contributed by atoms with Crippen LogP contribution in [0.1, 0.15) is 20.3 Å². The van der Waals surface area contributed by atoms with E-state index in [0.29, 0.717) is 0 Å². The third-order valence-electron chi connectivity index (χ3n) is 16.4. The normalized spacial score (nSPS) is 48.5. The number of hydrogen-bond acceptors (Lipinski definition) is 38. The quantitative estimate of drug-likeness (QED) is 0.0427. The van der Waals surface area contributed by atoms with Gasteiger partial charge in [0.2, 0.25) is 11.8 Å². The fraction of sp³-hybridized carbons (Fsp3) is 0.939. The molecule has 7 fully saturated rings. The third-order valence-corrected chi connectivity index (χ3v) is 16.4. The number of hydrogen-bond donors (Lipinski definition) is 25. The molecule has 90 heavy (non-hydrogen) atoms. The van der Waals surface area contributed by atoms with Crippen LogP contribution in [0.2, 0.25) is 0 Å². The second kappa shape index (κ2) is 31.7. The number of aliphatic hydroxyl groups is 21. The molecule has 2 amide bonds. The molecular formula is C49H83N3O38. The van der Waals surface area contributed by atoms with Crippen molar-refractivity contribution in [2.75, 3.05) is 46.2 Å². The summed E-state index contributed by atoms with van der Waals surface area (Å²) in [4.78, 5) is 38.4. The van der Waals surface area contributed by atoms with Crippen molar-refractivity contribution in [2.24, 2.45) is 5.73 Å².